The van der Waals surface area contributed by atoms with Gasteiger partial charge in [0.05, 0.1) is 18.9 Å². The molecular weight excluding hydrogens is 206 g/mol. The molecule has 4 nitrogen and oxygen atoms in total. The van der Waals surface area contributed by atoms with Crippen LogP contribution in [0.5, 0.6) is 5.75 Å². The lowest BCUT2D eigenvalue weighted by atomic mass is 9.90. The second kappa shape index (κ2) is 4.39. The number of pyridine rings is 1. The second-order valence-corrected chi connectivity index (χ2v) is 4.37. The van der Waals surface area contributed by atoms with Gasteiger partial charge in [0.2, 0.25) is 0 Å². The Morgan fingerprint density at radius 1 is 1.38 bits per heavy atom. The maximum atomic E-state index is 10.3. The van der Waals surface area contributed by atoms with Crippen molar-refractivity contribution < 1.29 is 14.9 Å². The number of aliphatic hydroxyl groups is 2. The number of hydrogen-bond acceptors (Lipinski definition) is 4. The van der Waals surface area contributed by atoms with Gasteiger partial charge in [0, 0.05) is 11.8 Å². The molecule has 0 aromatic carbocycles. The van der Waals surface area contributed by atoms with E-state index < -0.39 is 11.7 Å². The van der Waals surface area contributed by atoms with Crippen LogP contribution in [0.2, 0.25) is 0 Å². The molecule has 4 heteroatoms. The third-order valence-corrected chi connectivity index (χ3v) is 3.26. The van der Waals surface area contributed by atoms with Gasteiger partial charge < -0.3 is 14.9 Å². The highest BCUT2D eigenvalue weighted by Gasteiger charge is 2.39. The molecule has 0 bridgehead atoms. The second-order valence-electron chi connectivity index (χ2n) is 4.37. The molecule has 1 heterocycles. The standard InChI is InChI=1S/C12H17NO3/c1-16-10-6-9(7-13-8-10)11(14)12(15)4-2-3-5-12/h6-8,11,14-15H,2-5H2,1H3. The van der Waals surface area contributed by atoms with Gasteiger partial charge in [0.15, 0.2) is 0 Å². The number of methoxy groups -OCH3 is 1. The minimum absolute atomic E-state index is 0.596. The highest BCUT2D eigenvalue weighted by molar-refractivity contribution is 5.27. The Labute approximate surface area is 94.9 Å². The molecule has 16 heavy (non-hydrogen) atoms. The fraction of sp³-hybridized carbons (Fsp3) is 0.583. The molecule has 2 rings (SSSR count). The largest absolute Gasteiger partial charge is 0.495 e. The summed E-state index contributed by atoms with van der Waals surface area (Å²) in [7, 11) is 1.55. The van der Waals surface area contributed by atoms with E-state index in [2.05, 4.69) is 4.98 Å². The Kier molecular flexibility index (Phi) is 3.12. The predicted molar refractivity (Wildman–Crippen MR) is 59.2 cm³/mol. The smallest absolute Gasteiger partial charge is 0.137 e. The lowest BCUT2D eigenvalue weighted by molar-refractivity contribution is -0.0721. The van der Waals surface area contributed by atoms with Crippen LogP contribution in [0.15, 0.2) is 18.5 Å². The van der Waals surface area contributed by atoms with Crippen LogP contribution in [0.25, 0.3) is 0 Å². The molecular formula is C12H17NO3. The Bertz CT molecular complexity index is 361. The van der Waals surface area contributed by atoms with E-state index in [0.29, 0.717) is 24.2 Å². The molecule has 1 aliphatic rings. The topological polar surface area (TPSA) is 62.6 Å². The molecule has 1 fully saturated rings. The van der Waals surface area contributed by atoms with Gasteiger partial charge in [0.1, 0.15) is 11.9 Å². The van der Waals surface area contributed by atoms with Crippen LogP contribution in [-0.4, -0.2) is 27.9 Å². The van der Waals surface area contributed by atoms with Crippen molar-refractivity contribution in [3.63, 3.8) is 0 Å². The summed E-state index contributed by atoms with van der Waals surface area (Å²) in [6, 6.07) is 1.72. The van der Waals surface area contributed by atoms with Gasteiger partial charge >= 0.3 is 0 Å². The number of aromatic nitrogens is 1. The number of nitrogens with zero attached hydrogens (tertiary/aromatic N) is 1. The Hall–Kier alpha value is -1.13. The number of rotatable bonds is 3. The van der Waals surface area contributed by atoms with Gasteiger partial charge in [-0.1, -0.05) is 12.8 Å². The molecule has 0 saturated heterocycles. The molecule has 2 N–H and O–H groups in total. The van der Waals surface area contributed by atoms with Crippen LogP contribution in [0.3, 0.4) is 0 Å². The van der Waals surface area contributed by atoms with E-state index in [0.717, 1.165) is 12.8 Å². The number of hydrogen-bond donors (Lipinski definition) is 2. The normalized spacial score (nSPS) is 20.7. The van der Waals surface area contributed by atoms with Crippen molar-refractivity contribution in [1.29, 1.82) is 0 Å². The summed E-state index contributed by atoms with van der Waals surface area (Å²) in [6.45, 7) is 0. The summed E-state index contributed by atoms with van der Waals surface area (Å²) in [5, 5.41) is 20.4. The first-order chi connectivity index (χ1) is 7.65. The maximum absolute atomic E-state index is 10.3. The van der Waals surface area contributed by atoms with Crippen molar-refractivity contribution in [2.45, 2.75) is 37.4 Å². The van der Waals surface area contributed by atoms with Crippen molar-refractivity contribution in [2.75, 3.05) is 7.11 Å². The first kappa shape index (κ1) is 11.4. The van der Waals surface area contributed by atoms with Crippen LogP contribution >= 0.6 is 0 Å². The highest BCUT2D eigenvalue weighted by Crippen LogP contribution is 2.39. The molecule has 0 radical (unpaired) electrons. The molecule has 0 spiro atoms. The zero-order valence-electron chi connectivity index (χ0n) is 9.39. The van der Waals surface area contributed by atoms with Gasteiger partial charge in [-0.2, -0.15) is 0 Å². The van der Waals surface area contributed by atoms with Crippen molar-refractivity contribution in [1.82, 2.24) is 4.98 Å². The Morgan fingerprint density at radius 2 is 2.06 bits per heavy atom. The third kappa shape index (κ3) is 2.03. The fourth-order valence-electron chi connectivity index (χ4n) is 2.27. The molecule has 1 saturated carbocycles. The van der Waals surface area contributed by atoms with E-state index in [1.165, 1.54) is 0 Å². The van der Waals surface area contributed by atoms with E-state index in [-0.39, 0.29) is 0 Å². The average Bonchev–Trinajstić information content (AvgIpc) is 2.76. The molecule has 0 amide bonds. The summed E-state index contributed by atoms with van der Waals surface area (Å²) in [5.74, 6) is 0.596. The minimum atomic E-state index is -0.992. The van der Waals surface area contributed by atoms with Crippen LogP contribution in [-0.2, 0) is 0 Å². The Balaban J connectivity index is 2.22. The van der Waals surface area contributed by atoms with Gasteiger partial charge in [-0.3, -0.25) is 4.98 Å². The predicted octanol–water partition coefficient (Wildman–Crippen LogP) is 1.43. The van der Waals surface area contributed by atoms with Gasteiger partial charge in [0.25, 0.3) is 0 Å². The first-order valence-corrected chi connectivity index (χ1v) is 5.55. The SMILES string of the molecule is COc1cncc(C(O)C2(O)CCCC2)c1. The minimum Gasteiger partial charge on any atom is -0.495 e. The summed E-state index contributed by atoms with van der Waals surface area (Å²) in [5.41, 5.74) is -0.377. The zero-order valence-corrected chi connectivity index (χ0v) is 9.39. The van der Waals surface area contributed by atoms with E-state index in [1.807, 2.05) is 0 Å². The number of ether oxygens (including phenoxy) is 1. The molecule has 1 unspecified atom stereocenters. The average molecular weight is 223 g/mol. The lowest BCUT2D eigenvalue weighted by Crippen LogP contribution is -2.32. The van der Waals surface area contributed by atoms with Crippen molar-refractivity contribution in [2.24, 2.45) is 0 Å². The highest BCUT2D eigenvalue weighted by atomic mass is 16.5. The van der Waals surface area contributed by atoms with Gasteiger partial charge in [-0.25, -0.2) is 0 Å². The van der Waals surface area contributed by atoms with Gasteiger partial charge in [-0.15, -0.1) is 0 Å². The van der Waals surface area contributed by atoms with E-state index in [1.54, 1.807) is 25.6 Å². The van der Waals surface area contributed by atoms with Gasteiger partial charge in [-0.05, 0) is 18.9 Å². The zero-order chi connectivity index (χ0) is 11.6. The van der Waals surface area contributed by atoms with Crippen LogP contribution < -0.4 is 4.74 Å². The molecule has 1 aromatic rings. The van der Waals surface area contributed by atoms with Crippen molar-refractivity contribution in [3.05, 3.63) is 24.0 Å². The van der Waals surface area contributed by atoms with E-state index >= 15 is 0 Å². The monoisotopic (exact) mass is 223 g/mol. The molecule has 88 valence electrons. The first-order valence-electron chi connectivity index (χ1n) is 5.55. The third-order valence-electron chi connectivity index (χ3n) is 3.26. The number of aliphatic hydroxyl groups excluding tert-OH is 1. The van der Waals surface area contributed by atoms with Crippen molar-refractivity contribution in [3.8, 4) is 5.75 Å². The van der Waals surface area contributed by atoms with E-state index in [4.69, 9.17) is 4.74 Å². The molecule has 0 aliphatic heterocycles. The Morgan fingerprint density at radius 3 is 2.69 bits per heavy atom. The maximum Gasteiger partial charge on any atom is 0.137 e. The quantitative estimate of drug-likeness (QED) is 0.813. The fourth-order valence-corrected chi connectivity index (χ4v) is 2.27. The molecule has 1 aromatic heterocycles. The van der Waals surface area contributed by atoms with Crippen molar-refractivity contribution >= 4 is 0 Å². The summed E-state index contributed by atoms with van der Waals surface area (Å²) in [6.07, 6.45) is 5.49. The molecule has 1 aliphatic carbocycles. The summed E-state index contributed by atoms with van der Waals surface area (Å²) in [4.78, 5) is 3.98. The van der Waals surface area contributed by atoms with Crippen LogP contribution in [0.4, 0.5) is 0 Å². The van der Waals surface area contributed by atoms with E-state index in [9.17, 15) is 10.2 Å². The molecule has 1 atom stereocenters. The van der Waals surface area contributed by atoms with Crippen LogP contribution in [0.1, 0.15) is 37.4 Å². The summed E-state index contributed by atoms with van der Waals surface area (Å²) >= 11 is 0. The lowest BCUT2D eigenvalue weighted by Gasteiger charge is -2.28. The van der Waals surface area contributed by atoms with Crippen LogP contribution in [0, 0.1) is 0 Å². The summed E-state index contributed by atoms with van der Waals surface area (Å²) < 4.78 is 5.05.